The van der Waals surface area contributed by atoms with Gasteiger partial charge in [0.2, 0.25) is 0 Å². The van der Waals surface area contributed by atoms with Gasteiger partial charge in [-0.1, -0.05) is 30.3 Å². The van der Waals surface area contributed by atoms with E-state index in [1.165, 1.54) is 5.56 Å². The summed E-state index contributed by atoms with van der Waals surface area (Å²) in [6.07, 6.45) is 0. The molecule has 16 heavy (non-hydrogen) atoms. The number of likely N-dealkylation sites (N-methyl/N-ethyl adjacent to an activating group) is 1. The van der Waals surface area contributed by atoms with Gasteiger partial charge in [0.15, 0.2) is 0 Å². The Morgan fingerprint density at radius 1 is 1.00 bits per heavy atom. The molecule has 0 bridgehead atoms. The molecule has 0 unspecified atom stereocenters. The first-order chi connectivity index (χ1) is 7.72. The van der Waals surface area contributed by atoms with Crippen molar-refractivity contribution in [1.29, 1.82) is 0 Å². The Kier molecular flexibility index (Phi) is 6.46. The first kappa shape index (κ1) is 13.5. The van der Waals surface area contributed by atoms with Crippen LogP contribution in [0.25, 0.3) is 0 Å². The van der Waals surface area contributed by atoms with Gasteiger partial charge in [0.25, 0.3) is 0 Å². The van der Waals surface area contributed by atoms with Gasteiger partial charge in [0, 0.05) is 32.1 Å². The van der Waals surface area contributed by atoms with Gasteiger partial charge < -0.3 is 4.90 Å². The SMILES string of the molecule is CN(C)CCN(CCCl)Cc1ccccc1. The standard InChI is InChI=1S/C13H21ClN2/c1-15(2)10-11-16(9-8-14)12-13-6-4-3-5-7-13/h3-7H,8-12H2,1-2H3. The lowest BCUT2D eigenvalue weighted by Gasteiger charge is -2.23. The van der Waals surface area contributed by atoms with Crippen molar-refractivity contribution in [1.82, 2.24) is 9.80 Å². The summed E-state index contributed by atoms with van der Waals surface area (Å²) in [5.74, 6) is 0.695. The van der Waals surface area contributed by atoms with Crippen molar-refractivity contribution < 1.29 is 0 Å². The maximum Gasteiger partial charge on any atom is 0.0351 e. The molecule has 1 rings (SSSR count). The topological polar surface area (TPSA) is 6.48 Å². The molecule has 0 aliphatic rings. The minimum absolute atomic E-state index is 0.695. The molecule has 0 atom stereocenters. The van der Waals surface area contributed by atoms with Crippen molar-refractivity contribution in [3.63, 3.8) is 0 Å². The molecule has 0 aliphatic carbocycles. The van der Waals surface area contributed by atoms with Gasteiger partial charge in [-0.3, -0.25) is 4.90 Å². The highest BCUT2D eigenvalue weighted by molar-refractivity contribution is 6.18. The predicted octanol–water partition coefficient (Wildman–Crippen LogP) is 2.29. The molecule has 0 radical (unpaired) electrons. The highest BCUT2D eigenvalue weighted by Gasteiger charge is 2.05. The van der Waals surface area contributed by atoms with E-state index >= 15 is 0 Å². The van der Waals surface area contributed by atoms with Crippen molar-refractivity contribution >= 4 is 11.6 Å². The van der Waals surface area contributed by atoms with Gasteiger partial charge in [-0.15, -0.1) is 11.6 Å². The van der Waals surface area contributed by atoms with Crippen LogP contribution >= 0.6 is 11.6 Å². The van der Waals surface area contributed by atoms with Crippen LogP contribution in [0.5, 0.6) is 0 Å². The van der Waals surface area contributed by atoms with Gasteiger partial charge >= 0.3 is 0 Å². The van der Waals surface area contributed by atoms with Crippen molar-refractivity contribution in [2.24, 2.45) is 0 Å². The van der Waals surface area contributed by atoms with Crippen LogP contribution < -0.4 is 0 Å². The van der Waals surface area contributed by atoms with E-state index in [2.05, 4.69) is 54.2 Å². The number of hydrogen-bond acceptors (Lipinski definition) is 2. The van der Waals surface area contributed by atoms with Crippen molar-refractivity contribution in [3.05, 3.63) is 35.9 Å². The fourth-order valence-electron chi connectivity index (χ4n) is 1.57. The second-order valence-corrected chi connectivity index (χ2v) is 4.63. The molecule has 0 saturated carbocycles. The van der Waals surface area contributed by atoms with Crippen LogP contribution in [-0.2, 0) is 6.54 Å². The van der Waals surface area contributed by atoms with Crippen LogP contribution in [0.1, 0.15) is 5.56 Å². The average molecular weight is 241 g/mol. The molecule has 90 valence electrons. The molecule has 0 heterocycles. The molecule has 0 fully saturated rings. The first-order valence-electron chi connectivity index (χ1n) is 5.69. The zero-order valence-corrected chi connectivity index (χ0v) is 11.0. The van der Waals surface area contributed by atoms with Gasteiger partial charge in [-0.25, -0.2) is 0 Å². The number of halogens is 1. The molecule has 0 aromatic heterocycles. The normalized spacial score (nSPS) is 11.3. The van der Waals surface area contributed by atoms with E-state index in [0.29, 0.717) is 5.88 Å². The second kappa shape index (κ2) is 7.66. The summed E-state index contributed by atoms with van der Waals surface area (Å²) in [5, 5.41) is 0. The van der Waals surface area contributed by atoms with E-state index in [4.69, 9.17) is 11.6 Å². The smallest absolute Gasteiger partial charge is 0.0351 e. The highest BCUT2D eigenvalue weighted by Crippen LogP contribution is 2.04. The highest BCUT2D eigenvalue weighted by atomic mass is 35.5. The third-order valence-electron chi connectivity index (χ3n) is 2.51. The number of benzene rings is 1. The summed E-state index contributed by atoms with van der Waals surface area (Å²) in [4.78, 5) is 4.59. The van der Waals surface area contributed by atoms with E-state index in [-0.39, 0.29) is 0 Å². The molecular formula is C13H21ClN2. The van der Waals surface area contributed by atoms with E-state index in [9.17, 15) is 0 Å². The number of alkyl halides is 1. The minimum Gasteiger partial charge on any atom is -0.308 e. The van der Waals surface area contributed by atoms with Gasteiger partial charge in [-0.2, -0.15) is 0 Å². The predicted molar refractivity (Wildman–Crippen MR) is 71.0 cm³/mol. The second-order valence-electron chi connectivity index (χ2n) is 4.25. The quantitative estimate of drug-likeness (QED) is 0.675. The Morgan fingerprint density at radius 2 is 1.69 bits per heavy atom. The molecule has 0 aliphatic heterocycles. The Bertz CT molecular complexity index is 275. The summed E-state index contributed by atoms with van der Waals surface area (Å²) >= 11 is 5.82. The minimum atomic E-state index is 0.695. The largest absolute Gasteiger partial charge is 0.308 e. The van der Waals surface area contributed by atoms with Crippen molar-refractivity contribution in [3.8, 4) is 0 Å². The van der Waals surface area contributed by atoms with Crippen LogP contribution in [0.2, 0.25) is 0 Å². The molecule has 0 N–H and O–H groups in total. The van der Waals surface area contributed by atoms with Crippen molar-refractivity contribution in [2.45, 2.75) is 6.54 Å². The van der Waals surface area contributed by atoms with Gasteiger partial charge in [0.1, 0.15) is 0 Å². The molecule has 2 nitrogen and oxygen atoms in total. The third kappa shape index (κ3) is 5.50. The molecule has 1 aromatic rings. The lowest BCUT2D eigenvalue weighted by Crippen LogP contribution is -2.32. The lowest BCUT2D eigenvalue weighted by atomic mass is 10.2. The number of nitrogens with zero attached hydrogens (tertiary/aromatic N) is 2. The van der Waals surface area contributed by atoms with Crippen LogP contribution in [0, 0.1) is 0 Å². The van der Waals surface area contributed by atoms with E-state index in [0.717, 1.165) is 26.2 Å². The Morgan fingerprint density at radius 3 is 2.25 bits per heavy atom. The van der Waals surface area contributed by atoms with Crippen LogP contribution in [0.3, 0.4) is 0 Å². The molecule has 0 spiro atoms. The summed E-state index contributed by atoms with van der Waals surface area (Å²) in [5.41, 5.74) is 1.35. The summed E-state index contributed by atoms with van der Waals surface area (Å²) < 4.78 is 0. The first-order valence-corrected chi connectivity index (χ1v) is 6.23. The van der Waals surface area contributed by atoms with Crippen LogP contribution in [0.4, 0.5) is 0 Å². The van der Waals surface area contributed by atoms with Gasteiger partial charge in [0.05, 0.1) is 0 Å². The Labute approximate surface area is 104 Å². The fourth-order valence-corrected chi connectivity index (χ4v) is 1.81. The molecule has 0 amide bonds. The molecule has 0 saturated heterocycles. The van der Waals surface area contributed by atoms with E-state index in [1.54, 1.807) is 0 Å². The van der Waals surface area contributed by atoms with Crippen LogP contribution in [-0.4, -0.2) is 49.4 Å². The lowest BCUT2D eigenvalue weighted by molar-refractivity contribution is 0.245. The van der Waals surface area contributed by atoms with Gasteiger partial charge in [-0.05, 0) is 19.7 Å². The molecular weight excluding hydrogens is 220 g/mol. The third-order valence-corrected chi connectivity index (χ3v) is 2.68. The Hall–Kier alpha value is -0.570. The zero-order chi connectivity index (χ0) is 11.8. The van der Waals surface area contributed by atoms with Crippen molar-refractivity contribution in [2.75, 3.05) is 39.6 Å². The maximum atomic E-state index is 5.82. The maximum absolute atomic E-state index is 5.82. The molecule has 1 aromatic carbocycles. The molecule has 3 heteroatoms. The average Bonchev–Trinajstić information content (AvgIpc) is 2.27. The number of hydrogen-bond donors (Lipinski definition) is 0. The monoisotopic (exact) mass is 240 g/mol. The summed E-state index contributed by atoms with van der Waals surface area (Å²) in [6, 6.07) is 10.5. The number of rotatable bonds is 7. The van der Waals surface area contributed by atoms with Crippen LogP contribution in [0.15, 0.2) is 30.3 Å². The fraction of sp³-hybridized carbons (Fsp3) is 0.538. The summed E-state index contributed by atoms with van der Waals surface area (Å²) in [7, 11) is 4.20. The van der Waals surface area contributed by atoms with E-state index < -0.39 is 0 Å². The Balaban J connectivity index is 2.44. The summed E-state index contributed by atoms with van der Waals surface area (Å²) in [6.45, 7) is 4.07. The van der Waals surface area contributed by atoms with E-state index in [1.807, 2.05) is 0 Å². The zero-order valence-electron chi connectivity index (χ0n) is 10.2.